The van der Waals surface area contributed by atoms with E-state index in [2.05, 4.69) is 10.0 Å². The van der Waals surface area contributed by atoms with E-state index in [0.717, 1.165) is 36.0 Å². The third kappa shape index (κ3) is 3.57. The predicted molar refractivity (Wildman–Crippen MR) is 87.6 cm³/mol. The van der Waals surface area contributed by atoms with Gasteiger partial charge < -0.3 is 5.32 Å². The molecule has 2 N–H and O–H groups in total. The number of halogens is 1. The summed E-state index contributed by atoms with van der Waals surface area (Å²) < 4.78 is 28.6. The van der Waals surface area contributed by atoms with E-state index in [0.29, 0.717) is 21.7 Å². The van der Waals surface area contributed by atoms with Gasteiger partial charge in [0.1, 0.15) is 4.21 Å². The molecule has 1 atom stereocenters. The van der Waals surface area contributed by atoms with Crippen LogP contribution < -0.4 is 10.0 Å². The van der Waals surface area contributed by atoms with Gasteiger partial charge in [-0.1, -0.05) is 11.6 Å². The molecule has 0 saturated carbocycles. The van der Waals surface area contributed by atoms with E-state index >= 15 is 0 Å². The summed E-state index contributed by atoms with van der Waals surface area (Å²) >= 11 is 7.21. The molecular weight excluding hydrogens is 328 g/mol. The van der Waals surface area contributed by atoms with E-state index < -0.39 is 10.0 Å². The minimum Gasteiger partial charge on any atom is -0.316 e. The van der Waals surface area contributed by atoms with Crippen LogP contribution in [0.5, 0.6) is 0 Å². The van der Waals surface area contributed by atoms with Crippen molar-refractivity contribution in [2.75, 3.05) is 19.6 Å². The lowest BCUT2D eigenvalue weighted by Gasteiger charge is -2.08. The molecular formula is C14H17ClN2O2S2. The lowest BCUT2D eigenvalue weighted by molar-refractivity contribution is 0.520. The summed E-state index contributed by atoms with van der Waals surface area (Å²) in [6.07, 6.45) is 2.01. The lowest BCUT2D eigenvalue weighted by Crippen LogP contribution is -2.26. The lowest BCUT2D eigenvalue weighted by atomic mass is 10.1. The molecule has 0 spiro atoms. The first-order valence-electron chi connectivity index (χ1n) is 6.94. The van der Waals surface area contributed by atoms with Crippen LogP contribution in [-0.2, 0) is 10.0 Å². The van der Waals surface area contributed by atoms with Gasteiger partial charge in [0.2, 0.25) is 10.0 Å². The van der Waals surface area contributed by atoms with Crippen LogP contribution in [0.25, 0.3) is 10.1 Å². The highest BCUT2D eigenvalue weighted by molar-refractivity contribution is 7.91. The molecule has 0 amide bonds. The molecule has 1 unspecified atom stereocenters. The number of nitrogens with one attached hydrogen (secondary N) is 2. The van der Waals surface area contributed by atoms with Gasteiger partial charge in [0, 0.05) is 16.3 Å². The molecule has 2 heterocycles. The van der Waals surface area contributed by atoms with Crippen LogP contribution in [0.3, 0.4) is 0 Å². The van der Waals surface area contributed by atoms with Crippen LogP contribution in [0.15, 0.2) is 28.5 Å². The van der Waals surface area contributed by atoms with Crippen molar-refractivity contribution in [2.45, 2.75) is 17.1 Å². The first-order chi connectivity index (χ1) is 10.0. The molecule has 1 fully saturated rings. The molecule has 21 heavy (non-hydrogen) atoms. The minimum absolute atomic E-state index is 0.351. The maximum Gasteiger partial charge on any atom is 0.250 e. The Morgan fingerprint density at radius 1 is 1.38 bits per heavy atom. The normalized spacial score (nSPS) is 19.4. The van der Waals surface area contributed by atoms with Crippen molar-refractivity contribution in [1.29, 1.82) is 0 Å². The van der Waals surface area contributed by atoms with Crippen molar-refractivity contribution < 1.29 is 8.42 Å². The van der Waals surface area contributed by atoms with E-state index in [4.69, 9.17) is 11.6 Å². The zero-order valence-electron chi connectivity index (χ0n) is 11.4. The van der Waals surface area contributed by atoms with Gasteiger partial charge in [0.05, 0.1) is 0 Å². The fraction of sp³-hybridized carbons (Fsp3) is 0.429. The van der Waals surface area contributed by atoms with Crippen molar-refractivity contribution in [3.8, 4) is 0 Å². The summed E-state index contributed by atoms with van der Waals surface area (Å²) in [4.78, 5) is 0. The van der Waals surface area contributed by atoms with Crippen molar-refractivity contribution in [1.82, 2.24) is 10.0 Å². The SMILES string of the molecule is O=S(=O)(NCCC1CCNC1)c1cc2cc(Cl)ccc2s1. The second-order valence-electron chi connectivity index (χ2n) is 5.29. The molecule has 7 heteroatoms. The van der Waals surface area contributed by atoms with Crippen molar-refractivity contribution in [2.24, 2.45) is 5.92 Å². The maximum atomic E-state index is 12.3. The number of benzene rings is 1. The summed E-state index contributed by atoms with van der Waals surface area (Å²) in [5.74, 6) is 0.578. The molecule has 1 aliphatic rings. The van der Waals surface area contributed by atoms with Gasteiger partial charge in [-0.2, -0.15) is 0 Å². The number of sulfonamides is 1. The first-order valence-corrected chi connectivity index (χ1v) is 9.62. The summed E-state index contributed by atoms with van der Waals surface area (Å²) in [7, 11) is -3.42. The Morgan fingerprint density at radius 2 is 2.24 bits per heavy atom. The Morgan fingerprint density at radius 3 is 3.00 bits per heavy atom. The van der Waals surface area contributed by atoms with Crippen LogP contribution >= 0.6 is 22.9 Å². The van der Waals surface area contributed by atoms with Crippen LogP contribution in [0, 0.1) is 5.92 Å². The molecule has 1 aromatic carbocycles. The van der Waals surface area contributed by atoms with E-state index in [1.165, 1.54) is 11.3 Å². The molecule has 0 radical (unpaired) electrons. The largest absolute Gasteiger partial charge is 0.316 e. The molecule has 0 aliphatic carbocycles. The summed E-state index contributed by atoms with van der Waals surface area (Å²) in [6.45, 7) is 2.52. The van der Waals surface area contributed by atoms with Crippen LogP contribution in [0.2, 0.25) is 5.02 Å². The van der Waals surface area contributed by atoms with Crippen molar-refractivity contribution >= 4 is 43.0 Å². The van der Waals surface area contributed by atoms with Crippen LogP contribution in [0.1, 0.15) is 12.8 Å². The molecule has 1 aromatic heterocycles. The van der Waals surface area contributed by atoms with E-state index in [-0.39, 0.29) is 0 Å². The molecule has 4 nitrogen and oxygen atoms in total. The van der Waals surface area contributed by atoms with Gasteiger partial charge in [-0.25, -0.2) is 13.1 Å². The van der Waals surface area contributed by atoms with E-state index in [1.54, 1.807) is 18.2 Å². The second kappa shape index (κ2) is 6.22. The molecule has 2 aromatic rings. The third-order valence-electron chi connectivity index (χ3n) is 3.73. The van der Waals surface area contributed by atoms with Gasteiger partial charge in [-0.3, -0.25) is 0 Å². The third-order valence-corrected chi connectivity index (χ3v) is 7.01. The highest BCUT2D eigenvalue weighted by Gasteiger charge is 2.19. The fourth-order valence-corrected chi connectivity index (χ4v) is 5.20. The summed E-state index contributed by atoms with van der Waals surface area (Å²) in [5.41, 5.74) is 0. The number of fused-ring (bicyclic) bond motifs is 1. The standard InChI is InChI=1S/C14H17ClN2O2S2/c15-12-1-2-13-11(7-12)8-14(20-13)21(18,19)17-6-4-10-3-5-16-9-10/h1-2,7-8,10,16-17H,3-6,9H2. The van der Waals surface area contributed by atoms with Crippen LogP contribution in [-0.4, -0.2) is 28.1 Å². The Bertz CT molecular complexity index is 737. The molecule has 114 valence electrons. The maximum absolute atomic E-state index is 12.3. The molecule has 1 saturated heterocycles. The number of thiophene rings is 1. The average Bonchev–Trinajstić information content (AvgIpc) is 3.06. The van der Waals surface area contributed by atoms with Gasteiger partial charge in [-0.05, 0) is 61.5 Å². The Kier molecular flexibility index (Phi) is 4.51. The Hall–Kier alpha value is -0.660. The van der Waals surface area contributed by atoms with Gasteiger partial charge >= 0.3 is 0 Å². The average molecular weight is 345 g/mol. The van der Waals surface area contributed by atoms with Crippen LogP contribution in [0.4, 0.5) is 0 Å². The fourth-order valence-electron chi connectivity index (χ4n) is 2.55. The Labute approximate surface area is 133 Å². The monoisotopic (exact) mass is 344 g/mol. The smallest absolute Gasteiger partial charge is 0.250 e. The minimum atomic E-state index is -3.42. The molecule has 0 bridgehead atoms. The topological polar surface area (TPSA) is 58.2 Å². The number of hydrogen-bond acceptors (Lipinski definition) is 4. The van der Waals surface area contributed by atoms with E-state index in [9.17, 15) is 8.42 Å². The van der Waals surface area contributed by atoms with E-state index in [1.807, 2.05) is 6.07 Å². The summed E-state index contributed by atoms with van der Waals surface area (Å²) in [6, 6.07) is 7.10. The van der Waals surface area contributed by atoms with Crippen molar-refractivity contribution in [3.05, 3.63) is 29.3 Å². The van der Waals surface area contributed by atoms with Gasteiger partial charge in [0.15, 0.2) is 0 Å². The highest BCUT2D eigenvalue weighted by Crippen LogP contribution is 2.30. The Balaban J connectivity index is 1.70. The zero-order valence-corrected chi connectivity index (χ0v) is 13.8. The highest BCUT2D eigenvalue weighted by atomic mass is 35.5. The second-order valence-corrected chi connectivity index (χ2v) is 8.81. The van der Waals surface area contributed by atoms with Gasteiger partial charge in [-0.15, -0.1) is 11.3 Å². The van der Waals surface area contributed by atoms with Gasteiger partial charge in [0.25, 0.3) is 0 Å². The summed E-state index contributed by atoms with van der Waals surface area (Å²) in [5, 5.41) is 4.77. The first kappa shape index (κ1) is 15.2. The quantitative estimate of drug-likeness (QED) is 0.876. The number of rotatable bonds is 5. The molecule has 1 aliphatic heterocycles. The number of hydrogen-bond donors (Lipinski definition) is 2. The molecule has 3 rings (SSSR count). The van der Waals surface area contributed by atoms with Crippen molar-refractivity contribution in [3.63, 3.8) is 0 Å². The predicted octanol–water partition coefficient (Wildman–Crippen LogP) is 2.83. The zero-order chi connectivity index (χ0) is 14.9.